The van der Waals surface area contributed by atoms with Gasteiger partial charge in [0, 0.05) is 6.04 Å². The van der Waals surface area contributed by atoms with Crippen LogP contribution in [0.2, 0.25) is 0 Å². The van der Waals surface area contributed by atoms with E-state index in [1.165, 1.54) is 0 Å². The quantitative estimate of drug-likeness (QED) is 0.251. The van der Waals surface area contributed by atoms with Gasteiger partial charge in [-0.15, -0.1) is 0 Å². The molecule has 86 valence electrons. The molecule has 1 fully saturated rings. The van der Waals surface area contributed by atoms with Gasteiger partial charge in [-0.05, 0) is 33.0 Å². The highest BCUT2D eigenvalue weighted by Gasteiger charge is 2.18. The minimum absolute atomic E-state index is 0.0388. The Morgan fingerprint density at radius 2 is 2.20 bits per heavy atom. The van der Waals surface area contributed by atoms with E-state index in [-0.39, 0.29) is 24.2 Å². The van der Waals surface area contributed by atoms with E-state index < -0.39 is 0 Å². The largest absolute Gasteiger partial charge is 0.409 e. The Morgan fingerprint density at radius 1 is 1.60 bits per heavy atom. The van der Waals surface area contributed by atoms with Crippen molar-refractivity contribution in [1.82, 2.24) is 10.2 Å². The summed E-state index contributed by atoms with van der Waals surface area (Å²) in [5.74, 6) is -0.236. The van der Waals surface area contributed by atoms with Crippen molar-refractivity contribution in [3.05, 3.63) is 0 Å². The lowest BCUT2D eigenvalue weighted by molar-refractivity contribution is -0.120. The van der Waals surface area contributed by atoms with E-state index in [9.17, 15) is 4.79 Å². The number of piperidine rings is 1. The summed E-state index contributed by atoms with van der Waals surface area (Å²) in [5, 5.41) is 13.9. The fourth-order valence-corrected chi connectivity index (χ4v) is 1.63. The second-order valence-corrected chi connectivity index (χ2v) is 3.91. The Bertz CT molecular complexity index is 246. The molecule has 1 heterocycles. The lowest BCUT2D eigenvalue weighted by Crippen LogP contribution is -2.44. The third kappa shape index (κ3) is 4.16. The van der Waals surface area contributed by atoms with Crippen molar-refractivity contribution in [2.45, 2.75) is 25.3 Å². The second kappa shape index (κ2) is 5.55. The first-order valence-electron chi connectivity index (χ1n) is 5.06. The molecule has 1 saturated heterocycles. The van der Waals surface area contributed by atoms with Gasteiger partial charge in [0.25, 0.3) is 0 Å². The second-order valence-electron chi connectivity index (χ2n) is 3.91. The molecule has 15 heavy (non-hydrogen) atoms. The molecule has 0 aliphatic carbocycles. The topological polar surface area (TPSA) is 91.0 Å². The Labute approximate surface area is 89.1 Å². The fraction of sp³-hybridized carbons (Fsp3) is 0.778. The maximum Gasteiger partial charge on any atom is 0.227 e. The summed E-state index contributed by atoms with van der Waals surface area (Å²) in [6, 6.07) is 0.222. The maximum absolute atomic E-state index is 11.4. The normalized spacial score (nSPS) is 20.2. The monoisotopic (exact) mass is 214 g/mol. The number of rotatable bonds is 3. The Morgan fingerprint density at radius 3 is 2.73 bits per heavy atom. The van der Waals surface area contributed by atoms with Crippen molar-refractivity contribution >= 4 is 11.7 Å². The van der Waals surface area contributed by atoms with Gasteiger partial charge in [-0.25, -0.2) is 0 Å². The first kappa shape index (κ1) is 11.8. The van der Waals surface area contributed by atoms with Gasteiger partial charge in [0.1, 0.15) is 5.84 Å². The van der Waals surface area contributed by atoms with Gasteiger partial charge in [0.2, 0.25) is 5.91 Å². The molecule has 0 unspecified atom stereocenters. The van der Waals surface area contributed by atoms with Crippen LogP contribution < -0.4 is 11.1 Å². The summed E-state index contributed by atoms with van der Waals surface area (Å²) in [5.41, 5.74) is 5.23. The zero-order chi connectivity index (χ0) is 11.3. The smallest absolute Gasteiger partial charge is 0.227 e. The Hall–Kier alpha value is -1.30. The molecule has 1 aliphatic rings. The number of carbonyl (C=O) groups is 1. The van der Waals surface area contributed by atoms with Crippen LogP contribution in [0.4, 0.5) is 0 Å². The number of nitrogens with one attached hydrogen (secondary N) is 1. The number of hydrogen-bond acceptors (Lipinski definition) is 4. The number of nitrogens with zero attached hydrogens (tertiary/aromatic N) is 2. The summed E-state index contributed by atoms with van der Waals surface area (Å²) >= 11 is 0. The van der Waals surface area contributed by atoms with Gasteiger partial charge in [0.05, 0.1) is 6.42 Å². The van der Waals surface area contributed by atoms with Crippen LogP contribution in [0.5, 0.6) is 0 Å². The lowest BCUT2D eigenvalue weighted by Gasteiger charge is -2.29. The molecule has 0 aromatic heterocycles. The van der Waals surface area contributed by atoms with Crippen LogP contribution in [-0.2, 0) is 4.79 Å². The van der Waals surface area contributed by atoms with E-state index >= 15 is 0 Å². The van der Waals surface area contributed by atoms with Gasteiger partial charge in [0.15, 0.2) is 0 Å². The highest BCUT2D eigenvalue weighted by atomic mass is 16.4. The third-order valence-electron chi connectivity index (χ3n) is 2.55. The Kier molecular flexibility index (Phi) is 4.36. The molecule has 0 radical (unpaired) electrons. The molecular weight excluding hydrogens is 196 g/mol. The fourth-order valence-electron chi connectivity index (χ4n) is 1.63. The molecule has 1 aliphatic heterocycles. The van der Waals surface area contributed by atoms with E-state index in [1.54, 1.807) is 0 Å². The first-order valence-corrected chi connectivity index (χ1v) is 5.06. The van der Waals surface area contributed by atoms with Gasteiger partial charge < -0.3 is 21.2 Å². The molecule has 1 amide bonds. The average Bonchev–Trinajstić information content (AvgIpc) is 2.21. The van der Waals surface area contributed by atoms with Crippen LogP contribution in [0.1, 0.15) is 19.3 Å². The SMILES string of the molecule is CN1CCC(NC(=O)C/C(N)=N/O)CC1. The van der Waals surface area contributed by atoms with Crippen molar-refractivity contribution < 1.29 is 10.0 Å². The van der Waals surface area contributed by atoms with E-state index in [1.807, 2.05) is 0 Å². The number of carbonyl (C=O) groups excluding carboxylic acids is 1. The van der Waals surface area contributed by atoms with Crippen molar-refractivity contribution in [3.8, 4) is 0 Å². The van der Waals surface area contributed by atoms with Crippen LogP contribution in [0.25, 0.3) is 0 Å². The summed E-state index contributed by atoms with van der Waals surface area (Å²) < 4.78 is 0. The molecular formula is C9H18N4O2. The van der Waals surface area contributed by atoms with Gasteiger partial charge in [-0.3, -0.25) is 4.79 Å². The van der Waals surface area contributed by atoms with E-state index in [4.69, 9.17) is 10.9 Å². The number of amidine groups is 1. The van der Waals surface area contributed by atoms with Gasteiger partial charge in [-0.2, -0.15) is 0 Å². The first-order chi connectivity index (χ1) is 7.11. The van der Waals surface area contributed by atoms with Crippen molar-refractivity contribution in [1.29, 1.82) is 0 Å². The molecule has 4 N–H and O–H groups in total. The van der Waals surface area contributed by atoms with Crippen LogP contribution in [0.15, 0.2) is 5.16 Å². The Balaban J connectivity index is 2.26. The standard InChI is InChI=1S/C9H18N4O2/c1-13-4-2-7(3-5-13)11-9(14)6-8(10)12-15/h7,15H,2-6H2,1H3,(H2,10,12)(H,11,14). The maximum atomic E-state index is 11.4. The van der Waals surface area contributed by atoms with Crippen LogP contribution in [0, 0.1) is 0 Å². The number of hydrogen-bond donors (Lipinski definition) is 3. The highest BCUT2D eigenvalue weighted by molar-refractivity contribution is 5.98. The molecule has 0 aromatic carbocycles. The van der Waals surface area contributed by atoms with Crippen molar-refractivity contribution in [2.24, 2.45) is 10.9 Å². The zero-order valence-corrected chi connectivity index (χ0v) is 8.94. The molecule has 0 spiro atoms. The van der Waals surface area contributed by atoms with E-state index in [0.29, 0.717) is 0 Å². The molecule has 0 bridgehead atoms. The van der Waals surface area contributed by atoms with Crippen molar-refractivity contribution in [3.63, 3.8) is 0 Å². The number of likely N-dealkylation sites (tertiary alicyclic amines) is 1. The van der Waals surface area contributed by atoms with Crippen LogP contribution in [-0.4, -0.2) is 48.0 Å². The summed E-state index contributed by atoms with van der Waals surface area (Å²) in [6.07, 6.45) is 1.87. The molecule has 0 saturated carbocycles. The third-order valence-corrected chi connectivity index (χ3v) is 2.55. The average molecular weight is 214 g/mol. The zero-order valence-electron chi connectivity index (χ0n) is 8.94. The van der Waals surface area contributed by atoms with Gasteiger partial charge in [-0.1, -0.05) is 5.16 Å². The summed E-state index contributed by atoms with van der Waals surface area (Å²) in [6.45, 7) is 1.99. The van der Waals surface area contributed by atoms with Gasteiger partial charge >= 0.3 is 0 Å². The molecule has 6 nitrogen and oxygen atoms in total. The molecule has 6 heteroatoms. The van der Waals surface area contributed by atoms with E-state index in [2.05, 4.69) is 22.4 Å². The minimum atomic E-state index is -0.181. The highest BCUT2D eigenvalue weighted by Crippen LogP contribution is 2.07. The summed E-state index contributed by atoms with van der Waals surface area (Å²) in [7, 11) is 2.06. The number of oxime groups is 1. The molecule has 0 aromatic rings. The van der Waals surface area contributed by atoms with E-state index in [0.717, 1.165) is 25.9 Å². The number of nitrogens with two attached hydrogens (primary N) is 1. The predicted octanol–water partition coefficient (Wildman–Crippen LogP) is -0.667. The summed E-state index contributed by atoms with van der Waals surface area (Å²) in [4.78, 5) is 13.6. The van der Waals surface area contributed by atoms with Crippen molar-refractivity contribution in [2.75, 3.05) is 20.1 Å². The molecule has 1 rings (SSSR count). The predicted molar refractivity (Wildman–Crippen MR) is 56.7 cm³/mol. The number of amides is 1. The van der Waals surface area contributed by atoms with Crippen LogP contribution in [0.3, 0.4) is 0 Å². The minimum Gasteiger partial charge on any atom is -0.409 e. The molecule has 0 atom stereocenters. The van der Waals surface area contributed by atoms with Crippen LogP contribution >= 0.6 is 0 Å². The lowest BCUT2D eigenvalue weighted by atomic mass is 10.1.